The molecule has 0 aromatic heterocycles. The zero-order valence-corrected chi connectivity index (χ0v) is 7.04. The molecule has 0 bridgehead atoms. The minimum Gasteiger partial charge on any atom is -0.394 e. The summed E-state index contributed by atoms with van der Waals surface area (Å²) in [4.78, 5) is 21.2. The van der Waals surface area contributed by atoms with E-state index < -0.39 is 36.5 Å². The van der Waals surface area contributed by atoms with Crippen molar-refractivity contribution >= 4 is 11.6 Å². The second-order valence-electron chi connectivity index (χ2n) is 2.61. The van der Waals surface area contributed by atoms with E-state index >= 15 is 0 Å². The molecule has 6 heteroatoms. The first-order valence-corrected chi connectivity index (χ1v) is 3.61. The third-order valence-corrected chi connectivity index (χ3v) is 1.52. The Morgan fingerprint density at radius 2 is 1.69 bits per heavy atom. The Morgan fingerprint density at radius 3 is 2.00 bits per heavy atom. The van der Waals surface area contributed by atoms with E-state index in [0.717, 1.165) is 6.92 Å². The van der Waals surface area contributed by atoms with E-state index in [1.165, 1.54) is 0 Å². The third kappa shape index (κ3) is 3.19. The van der Waals surface area contributed by atoms with E-state index in [1.807, 2.05) is 0 Å². The summed E-state index contributed by atoms with van der Waals surface area (Å²) < 4.78 is 0. The zero-order valence-electron chi connectivity index (χ0n) is 7.04. The summed E-state index contributed by atoms with van der Waals surface area (Å²) in [5.41, 5.74) is 0. The van der Waals surface area contributed by atoms with Gasteiger partial charge < -0.3 is 20.4 Å². The van der Waals surface area contributed by atoms with Crippen LogP contribution >= 0.6 is 0 Å². The summed E-state index contributed by atoms with van der Waals surface area (Å²) in [6.07, 6.45) is -5.47. The highest BCUT2D eigenvalue weighted by molar-refractivity contribution is 6.38. The molecule has 0 spiro atoms. The van der Waals surface area contributed by atoms with Gasteiger partial charge in [0.15, 0.2) is 5.78 Å². The van der Waals surface area contributed by atoms with Crippen LogP contribution in [0.4, 0.5) is 0 Å². The van der Waals surface area contributed by atoms with Gasteiger partial charge in [0.05, 0.1) is 6.61 Å². The number of aliphatic hydroxyl groups excluding tert-OH is 4. The van der Waals surface area contributed by atoms with Crippen LogP contribution < -0.4 is 0 Å². The van der Waals surface area contributed by atoms with Crippen LogP contribution in [0.5, 0.6) is 0 Å². The van der Waals surface area contributed by atoms with E-state index in [-0.39, 0.29) is 0 Å². The van der Waals surface area contributed by atoms with Gasteiger partial charge in [-0.3, -0.25) is 9.59 Å². The quantitative estimate of drug-likeness (QED) is 0.350. The molecular formula is C7H12O6. The molecule has 0 aliphatic rings. The molecule has 13 heavy (non-hydrogen) atoms. The molecule has 4 N–H and O–H groups in total. The average molecular weight is 192 g/mol. The zero-order chi connectivity index (χ0) is 10.6. The average Bonchev–Trinajstić information content (AvgIpc) is 2.12. The molecule has 0 saturated carbocycles. The van der Waals surface area contributed by atoms with Crippen molar-refractivity contribution in [1.29, 1.82) is 0 Å². The van der Waals surface area contributed by atoms with Crippen molar-refractivity contribution in [2.24, 2.45) is 0 Å². The monoisotopic (exact) mass is 192 g/mol. The summed E-state index contributed by atoms with van der Waals surface area (Å²) in [6, 6.07) is 0. The molecule has 6 nitrogen and oxygen atoms in total. The summed E-state index contributed by atoms with van der Waals surface area (Å²) in [5, 5.41) is 35.1. The minimum absolute atomic E-state index is 0.802. The highest BCUT2D eigenvalue weighted by Gasteiger charge is 2.31. The normalized spacial score (nSPS) is 17.6. The van der Waals surface area contributed by atoms with Gasteiger partial charge in [-0.2, -0.15) is 0 Å². The Kier molecular flexibility index (Phi) is 4.71. The van der Waals surface area contributed by atoms with Crippen molar-refractivity contribution in [2.75, 3.05) is 6.61 Å². The van der Waals surface area contributed by atoms with Crippen LogP contribution in [0.25, 0.3) is 0 Å². The van der Waals surface area contributed by atoms with Crippen LogP contribution in [0.3, 0.4) is 0 Å². The fourth-order valence-corrected chi connectivity index (χ4v) is 0.682. The van der Waals surface area contributed by atoms with E-state index in [4.69, 9.17) is 20.4 Å². The second kappa shape index (κ2) is 5.03. The SMILES string of the molecule is CC(=O)C(=O)[C@@H](O)[C@H](O)[C@H](O)CO. The van der Waals surface area contributed by atoms with Gasteiger partial charge >= 0.3 is 0 Å². The number of hydrogen-bond acceptors (Lipinski definition) is 6. The maximum absolute atomic E-state index is 10.8. The second-order valence-corrected chi connectivity index (χ2v) is 2.61. The number of rotatable bonds is 5. The molecule has 0 aromatic carbocycles. The van der Waals surface area contributed by atoms with Crippen LogP contribution in [-0.2, 0) is 9.59 Å². The Labute approximate surface area is 74.4 Å². The van der Waals surface area contributed by atoms with Gasteiger partial charge in [0.1, 0.15) is 18.3 Å². The van der Waals surface area contributed by atoms with Crippen molar-refractivity contribution in [1.82, 2.24) is 0 Å². The Balaban J connectivity index is 4.33. The maximum Gasteiger partial charge on any atom is 0.229 e. The predicted octanol–water partition coefficient (Wildman–Crippen LogP) is -2.78. The molecule has 0 aliphatic heterocycles. The van der Waals surface area contributed by atoms with Crippen molar-refractivity contribution in [3.8, 4) is 0 Å². The fraction of sp³-hybridized carbons (Fsp3) is 0.714. The molecular weight excluding hydrogens is 180 g/mol. The maximum atomic E-state index is 10.8. The van der Waals surface area contributed by atoms with Crippen LogP contribution in [0.2, 0.25) is 0 Å². The van der Waals surface area contributed by atoms with Crippen molar-refractivity contribution in [2.45, 2.75) is 25.2 Å². The lowest BCUT2D eigenvalue weighted by molar-refractivity contribution is -0.149. The Hall–Kier alpha value is -0.820. The summed E-state index contributed by atoms with van der Waals surface area (Å²) in [6.45, 7) is 0.132. The van der Waals surface area contributed by atoms with E-state index in [1.54, 1.807) is 0 Å². The Bertz CT molecular complexity index is 201. The number of aliphatic hydroxyl groups is 4. The van der Waals surface area contributed by atoms with Crippen molar-refractivity contribution in [3.63, 3.8) is 0 Å². The minimum atomic E-state index is -1.99. The summed E-state index contributed by atoms with van der Waals surface area (Å²) in [7, 11) is 0. The van der Waals surface area contributed by atoms with Gasteiger partial charge in [0.2, 0.25) is 5.78 Å². The first-order chi connectivity index (χ1) is 5.91. The third-order valence-electron chi connectivity index (χ3n) is 1.52. The smallest absolute Gasteiger partial charge is 0.229 e. The van der Waals surface area contributed by atoms with Crippen LogP contribution in [-0.4, -0.2) is 56.9 Å². The first-order valence-electron chi connectivity index (χ1n) is 3.61. The lowest BCUT2D eigenvalue weighted by atomic mass is 10.0. The van der Waals surface area contributed by atoms with Crippen molar-refractivity contribution < 1.29 is 30.0 Å². The molecule has 0 amide bonds. The summed E-state index contributed by atoms with van der Waals surface area (Å²) in [5.74, 6) is -2.11. The number of Topliss-reactive ketones (excluding diaryl/α,β-unsaturated/α-hetero) is 2. The Morgan fingerprint density at radius 1 is 1.23 bits per heavy atom. The molecule has 0 aliphatic carbocycles. The molecule has 0 radical (unpaired) electrons. The van der Waals surface area contributed by atoms with Gasteiger partial charge in [-0.25, -0.2) is 0 Å². The molecule has 0 unspecified atom stereocenters. The van der Waals surface area contributed by atoms with Gasteiger partial charge in [0.25, 0.3) is 0 Å². The molecule has 0 rings (SSSR count). The molecule has 0 saturated heterocycles. The number of carbonyl (C=O) groups is 2. The number of hydrogen-bond donors (Lipinski definition) is 4. The lowest BCUT2D eigenvalue weighted by Crippen LogP contribution is -2.45. The molecule has 76 valence electrons. The lowest BCUT2D eigenvalue weighted by Gasteiger charge is -2.19. The van der Waals surface area contributed by atoms with Gasteiger partial charge in [0, 0.05) is 6.92 Å². The van der Waals surface area contributed by atoms with Gasteiger partial charge in [-0.15, -0.1) is 0 Å². The predicted molar refractivity (Wildman–Crippen MR) is 40.8 cm³/mol. The standard InChI is InChI=1S/C7H12O6/c1-3(9)5(11)7(13)6(12)4(10)2-8/h4,6-8,10,12-13H,2H2,1H3/t4-,6-,7-/m1/s1. The van der Waals surface area contributed by atoms with Crippen LogP contribution in [0, 0.1) is 0 Å². The summed E-state index contributed by atoms with van der Waals surface area (Å²) >= 11 is 0. The highest BCUT2D eigenvalue weighted by Crippen LogP contribution is 2.01. The van der Waals surface area contributed by atoms with Gasteiger partial charge in [-0.1, -0.05) is 0 Å². The largest absolute Gasteiger partial charge is 0.394 e. The molecule has 3 atom stereocenters. The van der Waals surface area contributed by atoms with Crippen molar-refractivity contribution in [3.05, 3.63) is 0 Å². The van der Waals surface area contributed by atoms with Gasteiger partial charge in [-0.05, 0) is 0 Å². The molecule has 0 heterocycles. The highest BCUT2D eigenvalue weighted by atomic mass is 16.4. The van der Waals surface area contributed by atoms with E-state index in [0.29, 0.717) is 0 Å². The molecule has 0 fully saturated rings. The first kappa shape index (κ1) is 12.2. The van der Waals surface area contributed by atoms with E-state index in [2.05, 4.69) is 0 Å². The number of ketones is 2. The topological polar surface area (TPSA) is 115 Å². The fourth-order valence-electron chi connectivity index (χ4n) is 0.682. The van der Waals surface area contributed by atoms with Crippen LogP contribution in [0.15, 0.2) is 0 Å². The van der Waals surface area contributed by atoms with Crippen LogP contribution in [0.1, 0.15) is 6.92 Å². The molecule has 0 aromatic rings. The number of carbonyl (C=O) groups excluding carboxylic acids is 2. The van der Waals surface area contributed by atoms with E-state index in [9.17, 15) is 9.59 Å².